The van der Waals surface area contributed by atoms with Crippen molar-refractivity contribution in [3.63, 3.8) is 0 Å². The van der Waals surface area contributed by atoms with Crippen molar-refractivity contribution in [2.45, 2.75) is 0 Å². The fraction of sp³-hybridized carbons (Fsp3) is 0.0714. The van der Waals surface area contributed by atoms with Gasteiger partial charge in [0.15, 0.2) is 0 Å². The second-order valence-corrected chi connectivity index (χ2v) is 5.67. The maximum absolute atomic E-state index is 12.2. The van der Waals surface area contributed by atoms with E-state index in [1.165, 1.54) is 7.11 Å². The van der Waals surface area contributed by atoms with Crippen molar-refractivity contribution in [3.8, 4) is 5.75 Å². The first-order valence-corrected chi connectivity index (χ1v) is 7.16. The number of methoxy groups -OCH3 is 1. The second-order valence-electron chi connectivity index (χ2n) is 4.07. The number of hydrogen-bond donors (Lipinski definition) is 2. The van der Waals surface area contributed by atoms with Crippen LogP contribution in [0.2, 0.25) is 5.02 Å². The van der Waals surface area contributed by atoms with E-state index in [-0.39, 0.29) is 5.91 Å². The SMILES string of the molecule is COc1cc(N)cc(C(=O)Nc2ccc(Cl)cc2I)c1. The van der Waals surface area contributed by atoms with Gasteiger partial charge in [-0.1, -0.05) is 11.6 Å². The number of anilines is 2. The lowest BCUT2D eigenvalue weighted by atomic mass is 10.1. The van der Waals surface area contributed by atoms with E-state index in [2.05, 4.69) is 27.9 Å². The molecule has 2 aromatic rings. The molecule has 2 aromatic carbocycles. The van der Waals surface area contributed by atoms with E-state index in [4.69, 9.17) is 22.1 Å². The van der Waals surface area contributed by atoms with Gasteiger partial charge in [0, 0.05) is 25.9 Å². The molecule has 0 unspecified atom stereocenters. The standard InChI is InChI=1S/C14H12ClIN2O2/c1-20-11-5-8(4-10(17)7-11)14(19)18-13-3-2-9(15)6-12(13)16/h2-7H,17H2,1H3,(H,18,19). The van der Waals surface area contributed by atoms with Crippen LogP contribution in [0.25, 0.3) is 0 Å². The molecule has 0 aromatic heterocycles. The van der Waals surface area contributed by atoms with Crippen molar-refractivity contribution < 1.29 is 9.53 Å². The molecule has 0 heterocycles. The Morgan fingerprint density at radius 2 is 2.05 bits per heavy atom. The van der Waals surface area contributed by atoms with E-state index in [0.717, 1.165) is 3.57 Å². The first kappa shape index (κ1) is 14.9. The fourth-order valence-corrected chi connectivity index (χ4v) is 2.66. The predicted octanol–water partition coefficient (Wildman–Crippen LogP) is 3.79. The topological polar surface area (TPSA) is 64.3 Å². The van der Waals surface area contributed by atoms with Crippen LogP contribution in [0.4, 0.5) is 11.4 Å². The molecule has 6 heteroatoms. The number of rotatable bonds is 3. The van der Waals surface area contributed by atoms with Gasteiger partial charge in [0.25, 0.3) is 5.91 Å². The maximum Gasteiger partial charge on any atom is 0.255 e. The van der Waals surface area contributed by atoms with Gasteiger partial charge in [-0.25, -0.2) is 0 Å². The van der Waals surface area contributed by atoms with E-state index < -0.39 is 0 Å². The Bertz CT molecular complexity index is 662. The van der Waals surface area contributed by atoms with E-state index in [0.29, 0.717) is 27.7 Å². The Morgan fingerprint density at radius 3 is 2.70 bits per heavy atom. The normalized spacial score (nSPS) is 10.2. The van der Waals surface area contributed by atoms with Gasteiger partial charge in [-0.3, -0.25) is 4.79 Å². The molecular formula is C14H12ClIN2O2. The van der Waals surface area contributed by atoms with Crippen molar-refractivity contribution in [1.29, 1.82) is 0 Å². The van der Waals surface area contributed by atoms with Crippen LogP contribution in [0.1, 0.15) is 10.4 Å². The van der Waals surface area contributed by atoms with Crippen LogP contribution in [0.15, 0.2) is 36.4 Å². The first-order chi connectivity index (χ1) is 9.49. The van der Waals surface area contributed by atoms with Gasteiger partial charge in [0.1, 0.15) is 5.75 Å². The van der Waals surface area contributed by atoms with Crippen molar-refractivity contribution in [3.05, 3.63) is 50.6 Å². The fourth-order valence-electron chi connectivity index (χ4n) is 1.66. The van der Waals surface area contributed by atoms with Gasteiger partial charge in [-0.05, 0) is 52.9 Å². The van der Waals surface area contributed by atoms with E-state index in [1.54, 1.807) is 36.4 Å². The molecule has 0 bridgehead atoms. The lowest BCUT2D eigenvalue weighted by Gasteiger charge is -2.09. The van der Waals surface area contributed by atoms with Gasteiger partial charge >= 0.3 is 0 Å². The third kappa shape index (κ3) is 3.55. The molecule has 20 heavy (non-hydrogen) atoms. The average Bonchev–Trinajstić information content (AvgIpc) is 2.41. The summed E-state index contributed by atoms with van der Waals surface area (Å²) < 4.78 is 5.96. The molecule has 0 atom stereocenters. The highest BCUT2D eigenvalue weighted by Gasteiger charge is 2.10. The number of benzene rings is 2. The summed E-state index contributed by atoms with van der Waals surface area (Å²) in [5.74, 6) is 0.289. The van der Waals surface area contributed by atoms with Crippen LogP contribution < -0.4 is 15.8 Å². The number of nitrogens with one attached hydrogen (secondary N) is 1. The highest BCUT2D eigenvalue weighted by atomic mass is 127. The molecule has 0 aliphatic carbocycles. The predicted molar refractivity (Wildman–Crippen MR) is 89.5 cm³/mol. The third-order valence-electron chi connectivity index (χ3n) is 2.61. The zero-order chi connectivity index (χ0) is 14.7. The zero-order valence-corrected chi connectivity index (χ0v) is 13.5. The number of carbonyl (C=O) groups excluding carboxylic acids is 1. The van der Waals surface area contributed by atoms with Crippen molar-refractivity contribution >= 4 is 51.5 Å². The van der Waals surface area contributed by atoms with Crippen LogP contribution >= 0.6 is 34.2 Å². The number of carbonyl (C=O) groups is 1. The van der Waals surface area contributed by atoms with Crippen LogP contribution in [-0.4, -0.2) is 13.0 Å². The molecule has 0 saturated heterocycles. The number of nitrogens with two attached hydrogens (primary N) is 1. The minimum absolute atomic E-state index is 0.254. The molecule has 3 N–H and O–H groups in total. The van der Waals surface area contributed by atoms with Gasteiger partial charge in [0.2, 0.25) is 0 Å². The average molecular weight is 403 g/mol. The minimum atomic E-state index is -0.254. The molecule has 0 saturated carbocycles. The zero-order valence-electron chi connectivity index (χ0n) is 10.6. The summed E-state index contributed by atoms with van der Waals surface area (Å²) in [7, 11) is 1.53. The van der Waals surface area contributed by atoms with Crippen LogP contribution in [0, 0.1) is 3.57 Å². The van der Waals surface area contributed by atoms with E-state index in [1.807, 2.05) is 0 Å². The summed E-state index contributed by atoms with van der Waals surface area (Å²) in [6, 6.07) is 10.1. The first-order valence-electron chi connectivity index (χ1n) is 5.70. The van der Waals surface area contributed by atoms with Crippen molar-refractivity contribution in [2.75, 3.05) is 18.2 Å². The van der Waals surface area contributed by atoms with E-state index >= 15 is 0 Å². The molecule has 0 aliphatic rings. The Labute approximate surface area is 135 Å². The minimum Gasteiger partial charge on any atom is -0.497 e. The second kappa shape index (κ2) is 6.32. The molecule has 0 aliphatic heterocycles. The Hall–Kier alpha value is -1.47. The molecule has 2 rings (SSSR count). The monoisotopic (exact) mass is 402 g/mol. The Kier molecular flexibility index (Phi) is 4.72. The molecule has 0 radical (unpaired) electrons. The van der Waals surface area contributed by atoms with Crippen LogP contribution in [-0.2, 0) is 0 Å². The van der Waals surface area contributed by atoms with Gasteiger partial charge in [-0.2, -0.15) is 0 Å². The molecule has 1 amide bonds. The number of nitrogen functional groups attached to an aromatic ring is 1. The smallest absolute Gasteiger partial charge is 0.255 e. The van der Waals surface area contributed by atoms with Gasteiger partial charge in [0.05, 0.1) is 12.8 Å². The summed E-state index contributed by atoms with van der Waals surface area (Å²) in [4.78, 5) is 12.2. The Morgan fingerprint density at radius 1 is 1.30 bits per heavy atom. The van der Waals surface area contributed by atoms with E-state index in [9.17, 15) is 4.79 Å². The third-order valence-corrected chi connectivity index (χ3v) is 3.73. The summed E-state index contributed by atoms with van der Waals surface area (Å²) in [5, 5.41) is 3.44. The molecular weight excluding hydrogens is 391 g/mol. The lowest BCUT2D eigenvalue weighted by Crippen LogP contribution is -2.13. The van der Waals surface area contributed by atoms with Crippen molar-refractivity contribution in [1.82, 2.24) is 0 Å². The number of ether oxygens (including phenoxy) is 1. The summed E-state index contributed by atoms with van der Waals surface area (Å²) in [6.45, 7) is 0. The molecule has 104 valence electrons. The molecule has 0 spiro atoms. The quantitative estimate of drug-likeness (QED) is 0.606. The highest BCUT2D eigenvalue weighted by molar-refractivity contribution is 14.1. The van der Waals surface area contributed by atoms with Crippen LogP contribution in [0.5, 0.6) is 5.75 Å². The Balaban J connectivity index is 2.26. The largest absolute Gasteiger partial charge is 0.497 e. The summed E-state index contributed by atoms with van der Waals surface area (Å²) in [6.07, 6.45) is 0. The molecule has 0 fully saturated rings. The van der Waals surface area contributed by atoms with Gasteiger partial charge in [-0.15, -0.1) is 0 Å². The van der Waals surface area contributed by atoms with Crippen molar-refractivity contribution in [2.24, 2.45) is 0 Å². The number of amides is 1. The highest BCUT2D eigenvalue weighted by Crippen LogP contribution is 2.24. The van der Waals surface area contributed by atoms with Crippen LogP contribution in [0.3, 0.4) is 0 Å². The van der Waals surface area contributed by atoms with Gasteiger partial charge < -0.3 is 15.8 Å². The lowest BCUT2D eigenvalue weighted by molar-refractivity contribution is 0.102. The number of hydrogen-bond acceptors (Lipinski definition) is 3. The summed E-state index contributed by atoms with van der Waals surface area (Å²) >= 11 is 7.99. The maximum atomic E-state index is 12.2. The number of halogens is 2. The molecule has 4 nitrogen and oxygen atoms in total. The summed E-state index contributed by atoms with van der Waals surface area (Å²) in [5.41, 5.74) is 7.34.